The van der Waals surface area contributed by atoms with E-state index in [2.05, 4.69) is 5.16 Å². The lowest BCUT2D eigenvalue weighted by Gasteiger charge is -1.99. The van der Waals surface area contributed by atoms with E-state index in [-0.39, 0.29) is 0 Å². The van der Waals surface area contributed by atoms with Gasteiger partial charge in [0.1, 0.15) is 5.75 Å². The van der Waals surface area contributed by atoms with E-state index in [4.69, 9.17) is 9.26 Å². The first-order chi connectivity index (χ1) is 6.35. The molecular formula is C9H7NO3. The molecule has 0 saturated carbocycles. The number of aromatic nitrogens is 1. The molecule has 0 aliphatic carbocycles. The summed E-state index contributed by atoms with van der Waals surface area (Å²) in [6, 6.07) is 3.37. The first-order valence-electron chi connectivity index (χ1n) is 3.73. The molecule has 1 aromatic carbocycles. The molecule has 13 heavy (non-hydrogen) atoms. The third-order valence-electron chi connectivity index (χ3n) is 1.82. The monoisotopic (exact) mass is 177 g/mol. The zero-order valence-corrected chi connectivity index (χ0v) is 6.98. The third kappa shape index (κ3) is 1.16. The molecule has 0 saturated heterocycles. The predicted molar refractivity (Wildman–Crippen MR) is 45.9 cm³/mol. The van der Waals surface area contributed by atoms with Crippen molar-refractivity contribution in [3.8, 4) is 5.75 Å². The summed E-state index contributed by atoms with van der Waals surface area (Å²) >= 11 is 0. The number of ether oxygens (including phenoxy) is 1. The van der Waals surface area contributed by atoms with E-state index in [0.29, 0.717) is 16.9 Å². The van der Waals surface area contributed by atoms with Crippen LogP contribution in [0.2, 0.25) is 0 Å². The maximum Gasteiger partial charge on any atom is 0.177 e. The van der Waals surface area contributed by atoms with Gasteiger partial charge >= 0.3 is 0 Å². The van der Waals surface area contributed by atoms with Gasteiger partial charge in [0.15, 0.2) is 11.9 Å². The van der Waals surface area contributed by atoms with E-state index in [1.165, 1.54) is 0 Å². The second kappa shape index (κ2) is 2.90. The van der Waals surface area contributed by atoms with E-state index < -0.39 is 0 Å². The van der Waals surface area contributed by atoms with Gasteiger partial charge in [-0.15, -0.1) is 0 Å². The highest BCUT2D eigenvalue weighted by atomic mass is 16.5. The van der Waals surface area contributed by atoms with Gasteiger partial charge in [-0.05, 0) is 12.1 Å². The SMILES string of the molecule is COc1cc(C=O)c2oncc2c1. The Bertz CT molecular complexity index is 447. The van der Waals surface area contributed by atoms with Gasteiger partial charge in [-0.1, -0.05) is 5.16 Å². The molecule has 0 bridgehead atoms. The molecule has 0 spiro atoms. The van der Waals surface area contributed by atoms with Crippen molar-refractivity contribution in [2.75, 3.05) is 7.11 Å². The van der Waals surface area contributed by atoms with Crippen molar-refractivity contribution in [1.82, 2.24) is 5.16 Å². The summed E-state index contributed by atoms with van der Waals surface area (Å²) in [5, 5.41) is 4.36. The zero-order valence-electron chi connectivity index (χ0n) is 6.98. The summed E-state index contributed by atoms with van der Waals surface area (Å²) in [6.45, 7) is 0. The highest BCUT2D eigenvalue weighted by molar-refractivity contribution is 5.95. The molecule has 4 nitrogen and oxygen atoms in total. The highest BCUT2D eigenvalue weighted by Crippen LogP contribution is 2.23. The molecule has 1 heterocycles. The Morgan fingerprint density at radius 3 is 3.08 bits per heavy atom. The molecule has 1 aromatic heterocycles. The fourth-order valence-corrected chi connectivity index (χ4v) is 1.19. The minimum absolute atomic E-state index is 0.451. The average Bonchev–Trinajstić information content (AvgIpc) is 2.63. The largest absolute Gasteiger partial charge is 0.497 e. The van der Waals surface area contributed by atoms with Crippen molar-refractivity contribution in [2.24, 2.45) is 0 Å². The Morgan fingerprint density at radius 2 is 2.38 bits per heavy atom. The van der Waals surface area contributed by atoms with Crippen LogP contribution in [-0.4, -0.2) is 18.6 Å². The second-order valence-corrected chi connectivity index (χ2v) is 2.58. The van der Waals surface area contributed by atoms with Crippen LogP contribution in [0, 0.1) is 0 Å². The molecule has 2 rings (SSSR count). The van der Waals surface area contributed by atoms with Crippen LogP contribution in [0.3, 0.4) is 0 Å². The molecule has 0 N–H and O–H groups in total. The molecule has 0 atom stereocenters. The van der Waals surface area contributed by atoms with Gasteiger partial charge < -0.3 is 9.26 Å². The predicted octanol–water partition coefficient (Wildman–Crippen LogP) is 1.65. The van der Waals surface area contributed by atoms with Gasteiger partial charge in [-0.25, -0.2) is 0 Å². The molecule has 0 radical (unpaired) electrons. The van der Waals surface area contributed by atoms with E-state index in [9.17, 15) is 4.79 Å². The molecule has 0 fully saturated rings. The smallest absolute Gasteiger partial charge is 0.177 e. The van der Waals surface area contributed by atoms with Gasteiger partial charge in [0.25, 0.3) is 0 Å². The van der Waals surface area contributed by atoms with Gasteiger partial charge in [0, 0.05) is 5.39 Å². The van der Waals surface area contributed by atoms with Gasteiger partial charge in [-0.3, -0.25) is 4.79 Å². The summed E-state index contributed by atoms with van der Waals surface area (Å²) in [7, 11) is 1.54. The molecule has 0 amide bonds. The maximum absolute atomic E-state index is 10.6. The standard InChI is InChI=1S/C9H7NO3/c1-12-8-2-6-4-10-13-9(6)7(3-8)5-11/h2-5H,1H3. The summed E-state index contributed by atoms with van der Waals surface area (Å²) < 4.78 is 9.91. The van der Waals surface area contributed by atoms with Crippen LogP contribution in [0.25, 0.3) is 11.0 Å². The first kappa shape index (κ1) is 7.79. The summed E-state index contributed by atoms with van der Waals surface area (Å²) in [4.78, 5) is 10.6. The normalized spacial score (nSPS) is 10.2. The Morgan fingerprint density at radius 1 is 1.54 bits per heavy atom. The van der Waals surface area contributed by atoms with Crippen LogP contribution in [-0.2, 0) is 0 Å². The summed E-state index contributed by atoms with van der Waals surface area (Å²) in [5.74, 6) is 0.623. The maximum atomic E-state index is 10.6. The summed E-state index contributed by atoms with van der Waals surface area (Å²) in [6.07, 6.45) is 2.26. The lowest BCUT2D eigenvalue weighted by Crippen LogP contribution is -1.86. The number of hydrogen-bond donors (Lipinski definition) is 0. The van der Waals surface area contributed by atoms with Crippen LogP contribution < -0.4 is 4.74 Å². The zero-order chi connectivity index (χ0) is 9.26. The first-order valence-corrected chi connectivity index (χ1v) is 3.73. The Hall–Kier alpha value is -1.84. The van der Waals surface area contributed by atoms with Crippen molar-refractivity contribution >= 4 is 17.3 Å². The van der Waals surface area contributed by atoms with Gasteiger partial charge in [0.2, 0.25) is 0 Å². The number of carbonyl (C=O) groups is 1. The van der Waals surface area contributed by atoms with Crippen LogP contribution in [0.15, 0.2) is 22.9 Å². The van der Waals surface area contributed by atoms with Crippen LogP contribution in [0.5, 0.6) is 5.75 Å². The fourth-order valence-electron chi connectivity index (χ4n) is 1.19. The van der Waals surface area contributed by atoms with E-state index in [0.717, 1.165) is 11.7 Å². The van der Waals surface area contributed by atoms with Gasteiger partial charge in [-0.2, -0.15) is 0 Å². The lowest BCUT2D eigenvalue weighted by molar-refractivity contribution is 0.112. The van der Waals surface area contributed by atoms with Gasteiger partial charge in [0.05, 0.1) is 18.9 Å². The highest BCUT2D eigenvalue weighted by Gasteiger charge is 2.07. The van der Waals surface area contributed by atoms with Crippen LogP contribution in [0.1, 0.15) is 10.4 Å². The molecule has 4 heteroatoms. The molecule has 0 unspecified atom stereocenters. The Balaban J connectivity index is 2.77. The van der Waals surface area contributed by atoms with Crippen molar-refractivity contribution in [3.63, 3.8) is 0 Å². The number of carbonyl (C=O) groups excluding carboxylic acids is 1. The van der Waals surface area contributed by atoms with Crippen molar-refractivity contribution < 1.29 is 14.1 Å². The number of fused-ring (bicyclic) bond motifs is 1. The third-order valence-corrected chi connectivity index (χ3v) is 1.82. The average molecular weight is 177 g/mol. The van der Waals surface area contributed by atoms with E-state index in [1.807, 2.05) is 0 Å². The van der Waals surface area contributed by atoms with Crippen LogP contribution in [0.4, 0.5) is 0 Å². The molecule has 0 aliphatic rings. The fraction of sp³-hybridized carbons (Fsp3) is 0.111. The van der Waals surface area contributed by atoms with Crippen molar-refractivity contribution in [3.05, 3.63) is 23.9 Å². The number of methoxy groups -OCH3 is 1. The quantitative estimate of drug-likeness (QED) is 0.654. The van der Waals surface area contributed by atoms with Crippen molar-refractivity contribution in [1.29, 1.82) is 0 Å². The minimum Gasteiger partial charge on any atom is -0.497 e. The number of rotatable bonds is 2. The Labute approximate surface area is 74.1 Å². The molecule has 2 aromatic rings. The number of aldehydes is 1. The molecule has 0 aliphatic heterocycles. The Kier molecular flexibility index (Phi) is 1.73. The summed E-state index contributed by atoms with van der Waals surface area (Å²) in [5.41, 5.74) is 0.947. The number of nitrogens with zero attached hydrogens (tertiary/aromatic N) is 1. The van der Waals surface area contributed by atoms with E-state index in [1.54, 1.807) is 25.4 Å². The van der Waals surface area contributed by atoms with E-state index >= 15 is 0 Å². The van der Waals surface area contributed by atoms with Crippen molar-refractivity contribution in [2.45, 2.75) is 0 Å². The topological polar surface area (TPSA) is 52.3 Å². The van der Waals surface area contributed by atoms with Crippen LogP contribution >= 0.6 is 0 Å². The lowest BCUT2D eigenvalue weighted by atomic mass is 10.1. The second-order valence-electron chi connectivity index (χ2n) is 2.58. The number of benzene rings is 1. The number of hydrogen-bond acceptors (Lipinski definition) is 4. The minimum atomic E-state index is 0.451. The molecule has 66 valence electrons. The molecular weight excluding hydrogens is 170 g/mol.